The fourth-order valence-corrected chi connectivity index (χ4v) is 8.89. The third-order valence-corrected chi connectivity index (χ3v) is 11.6. The van der Waals surface area contributed by atoms with Crippen LogP contribution in [0.3, 0.4) is 0 Å². The molecule has 0 saturated heterocycles. The van der Waals surface area contributed by atoms with E-state index in [4.69, 9.17) is 0 Å². The Kier molecular flexibility index (Phi) is 8.54. The molecular formula is C54H41N. The van der Waals surface area contributed by atoms with Gasteiger partial charge < -0.3 is 4.90 Å². The molecule has 1 aliphatic rings. The molecule has 0 aliphatic heterocycles. The van der Waals surface area contributed by atoms with Gasteiger partial charge in [0.15, 0.2) is 0 Å². The molecule has 0 saturated carbocycles. The summed E-state index contributed by atoms with van der Waals surface area (Å²) in [6.45, 7) is 0. The fraction of sp³-hybridized carbons (Fsp3) is 0.0741. The van der Waals surface area contributed by atoms with Crippen molar-refractivity contribution in [3.05, 3.63) is 234 Å². The van der Waals surface area contributed by atoms with Gasteiger partial charge >= 0.3 is 0 Å². The van der Waals surface area contributed by atoms with Gasteiger partial charge in [0.25, 0.3) is 0 Å². The van der Waals surface area contributed by atoms with E-state index in [0.29, 0.717) is 0 Å². The molecule has 10 rings (SSSR count). The van der Waals surface area contributed by atoms with E-state index in [0.717, 1.165) is 19.3 Å². The lowest BCUT2D eigenvalue weighted by atomic mass is 9.81. The normalized spacial score (nSPS) is 13.0. The summed E-state index contributed by atoms with van der Waals surface area (Å²) in [5, 5.41) is 10.3. The molecule has 0 aromatic heterocycles. The molecule has 55 heavy (non-hydrogen) atoms. The van der Waals surface area contributed by atoms with Gasteiger partial charge in [0.2, 0.25) is 0 Å². The number of rotatable bonds is 8. The maximum absolute atomic E-state index is 2.50. The van der Waals surface area contributed by atoms with E-state index in [1.165, 1.54) is 88.0 Å². The van der Waals surface area contributed by atoms with Crippen LogP contribution in [0.15, 0.2) is 212 Å². The first-order chi connectivity index (χ1) is 27.3. The topological polar surface area (TPSA) is 3.24 Å². The minimum absolute atomic E-state index is 0.219. The van der Waals surface area contributed by atoms with Crippen LogP contribution in [-0.4, -0.2) is 0 Å². The van der Waals surface area contributed by atoms with E-state index >= 15 is 0 Å². The van der Waals surface area contributed by atoms with Crippen molar-refractivity contribution in [1.82, 2.24) is 0 Å². The van der Waals surface area contributed by atoms with E-state index in [2.05, 4.69) is 211 Å². The zero-order valence-electron chi connectivity index (χ0n) is 30.8. The minimum Gasteiger partial charge on any atom is -0.313 e. The van der Waals surface area contributed by atoms with Crippen molar-refractivity contribution in [3.63, 3.8) is 0 Å². The predicted octanol–water partition coefficient (Wildman–Crippen LogP) is 14.6. The van der Waals surface area contributed by atoms with Crippen molar-refractivity contribution in [2.45, 2.75) is 25.2 Å². The first kappa shape index (κ1) is 32.9. The summed E-state index contributed by atoms with van der Waals surface area (Å²) in [4.78, 5) is 2.50. The molecule has 0 heterocycles. The molecule has 0 N–H and O–H groups in total. The van der Waals surface area contributed by atoms with Crippen LogP contribution in [0.5, 0.6) is 0 Å². The van der Waals surface area contributed by atoms with Gasteiger partial charge in [-0.05, 0) is 97.6 Å². The molecule has 9 aromatic carbocycles. The summed E-state index contributed by atoms with van der Waals surface area (Å²) < 4.78 is 0. The quantitative estimate of drug-likeness (QED) is 0.152. The first-order valence-corrected chi connectivity index (χ1v) is 19.5. The van der Waals surface area contributed by atoms with Gasteiger partial charge in [-0.3, -0.25) is 0 Å². The first-order valence-electron chi connectivity index (χ1n) is 19.5. The number of hydrogen-bond acceptors (Lipinski definition) is 1. The van der Waals surface area contributed by atoms with Gasteiger partial charge in [-0.25, -0.2) is 0 Å². The van der Waals surface area contributed by atoms with Crippen molar-refractivity contribution in [2.24, 2.45) is 0 Å². The van der Waals surface area contributed by atoms with E-state index in [1.807, 2.05) is 0 Å². The van der Waals surface area contributed by atoms with Crippen LogP contribution < -0.4 is 4.90 Å². The van der Waals surface area contributed by atoms with Crippen LogP contribution in [0.2, 0.25) is 0 Å². The predicted molar refractivity (Wildman–Crippen MR) is 235 cm³/mol. The van der Waals surface area contributed by atoms with Crippen LogP contribution in [0.25, 0.3) is 48.7 Å². The molecule has 0 spiro atoms. The summed E-state index contributed by atoms with van der Waals surface area (Å²) in [6, 6.07) is 71.4. The maximum Gasteiger partial charge on any atom is 0.0537 e. The van der Waals surface area contributed by atoms with Crippen molar-refractivity contribution >= 4 is 60.0 Å². The van der Waals surface area contributed by atoms with Crippen molar-refractivity contribution in [2.75, 3.05) is 4.90 Å². The highest BCUT2D eigenvalue weighted by Crippen LogP contribution is 2.43. The van der Waals surface area contributed by atoms with Crippen molar-refractivity contribution in [3.8, 4) is 0 Å². The van der Waals surface area contributed by atoms with E-state index in [1.54, 1.807) is 0 Å². The molecule has 0 fully saturated rings. The minimum atomic E-state index is 0.219. The zero-order chi connectivity index (χ0) is 36.6. The Morgan fingerprint density at radius 1 is 0.382 bits per heavy atom. The number of benzene rings is 9. The molecule has 1 heteroatoms. The number of nitrogens with zero attached hydrogens (tertiary/aromatic N) is 1. The van der Waals surface area contributed by atoms with Gasteiger partial charge in [0, 0.05) is 22.4 Å². The molecular weight excluding hydrogens is 663 g/mol. The molecule has 1 nitrogen and oxygen atoms in total. The second kappa shape index (κ2) is 14.3. The summed E-state index contributed by atoms with van der Waals surface area (Å²) in [6.07, 6.45) is 7.56. The van der Waals surface area contributed by atoms with Crippen molar-refractivity contribution in [1.29, 1.82) is 0 Å². The molecule has 262 valence electrons. The third kappa shape index (κ3) is 6.18. The largest absolute Gasteiger partial charge is 0.313 e. The molecule has 0 unspecified atom stereocenters. The molecule has 0 amide bonds. The second-order valence-corrected chi connectivity index (χ2v) is 14.8. The lowest BCUT2D eigenvalue weighted by Crippen LogP contribution is -2.18. The third-order valence-electron chi connectivity index (χ3n) is 11.6. The standard InChI is InChI=1S/C54H41N/c1-5-21-46-41(13-1)17-9-25-50(46)52(51-26-10-18-42-14-2-6-22-47(42)51)37-38-29-31-39(32-30-38)40-33-35-45(36-34-40)55(53-27-11-19-43-15-3-7-23-48(43)53)54-28-12-20-44-16-4-8-24-49(44)54/h1-33,35,52H,34,36-37H2. The Balaban J connectivity index is 1.01. The van der Waals surface area contributed by atoms with E-state index < -0.39 is 0 Å². The number of hydrogen-bond donors (Lipinski definition) is 0. The summed E-state index contributed by atoms with van der Waals surface area (Å²) in [7, 11) is 0. The highest BCUT2D eigenvalue weighted by molar-refractivity contribution is 6.03. The monoisotopic (exact) mass is 703 g/mol. The van der Waals surface area contributed by atoms with E-state index in [9.17, 15) is 0 Å². The molecule has 0 radical (unpaired) electrons. The van der Waals surface area contributed by atoms with Crippen LogP contribution in [0, 0.1) is 0 Å². The Hall–Kier alpha value is -6.70. The zero-order valence-corrected chi connectivity index (χ0v) is 30.8. The lowest BCUT2D eigenvalue weighted by molar-refractivity contribution is 0.819. The number of allylic oxidation sites excluding steroid dienone is 4. The summed E-state index contributed by atoms with van der Waals surface area (Å²) in [5.41, 5.74) is 10.5. The Morgan fingerprint density at radius 2 is 0.818 bits per heavy atom. The highest BCUT2D eigenvalue weighted by Gasteiger charge is 2.23. The van der Waals surface area contributed by atoms with Gasteiger partial charge in [-0.1, -0.05) is 188 Å². The molecule has 0 atom stereocenters. The van der Waals surface area contributed by atoms with Crippen LogP contribution in [0.4, 0.5) is 11.4 Å². The average Bonchev–Trinajstić information content (AvgIpc) is 3.26. The Labute approximate surface area is 323 Å². The van der Waals surface area contributed by atoms with Gasteiger partial charge in [0.05, 0.1) is 11.4 Å². The summed E-state index contributed by atoms with van der Waals surface area (Å²) >= 11 is 0. The number of fused-ring (bicyclic) bond motifs is 4. The van der Waals surface area contributed by atoms with Crippen LogP contribution in [0.1, 0.15) is 41.0 Å². The fourth-order valence-electron chi connectivity index (χ4n) is 8.89. The van der Waals surface area contributed by atoms with Gasteiger partial charge in [-0.15, -0.1) is 0 Å². The molecule has 1 aliphatic carbocycles. The summed E-state index contributed by atoms with van der Waals surface area (Å²) in [5.74, 6) is 0.219. The highest BCUT2D eigenvalue weighted by atomic mass is 15.2. The smallest absolute Gasteiger partial charge is 0.0537 e. The van der Waals surface area contributed by atoms with Crippen molar-refractivity contribution < 1.29 is 0 Å². The maximum atomic E-state index is 2.50. The van der Waals surface area contributed by atoms with Crippen LogP contribution >= 0.6 is 0 Å². The van der Waals surface area contributed by atoms with Gasteiger partial charge in [0.1, 0.15) is 0 Å². The molecule has 9 aromatic rings. The van der Waals surface area contributed by atoms with E-state index in [-0.39, 0.29) is 5.92 Å². The molecule has 0 bridgehead atoms. The Morgan fingerprint density at radius 3 is 1.31 bits per heavy atom. The average molecular weight is 704 g/mol. The van der Waals surface area contributed by atoms with Gasteiger partial charge in [-0.2, -0.15) is 0 Å². The SMILES string of the molecule is C1=C(c2ccc(CC(c3cccc4ccccc34)c3cccc4ccccc34)cc2)CCC(N(c2cccc3ccccc23)c2cccc3ccccc23)=C1. The Bertz CT molecular complexity index is 2730. The van der Waals surface area contributed by atoms with Crippen LogP contribution in [-0.2, 0) is 6.42 Å². The second-order valence-electron chi connectivity index (χ2n) is 14.8. The lowest BCUT2D eigenvalue weighted by Gasteiger charge is -2.32. The number of anilines is 2.